The van der Waals surface area contributed by atoms with Crippen LogP contribution in [0.4, 0.5) is 0 Å². The second-order valence-electron chi connectivity index (χ2n) is 5.89. The number of benzene rings is 1. The van der Waals surface area contributed by atoms with Gasteiger partial charge in [-0.25, -0.2) is 0 Å². The lowest BCUT2D eigenvalue weighted by Crippen LogP contribution is -2.40. The zero-order chi connectivity index (χ0) is 15.0. The number of methoxy groups -OCH3 is 1. The standard InChI is InChI=1S/C16H22N2O2S/c1-11(10-21-3)18-14(17-16(8-9-16)15(18)19)12-6-4-5-7-13(12)20-2/h4-7,11,14,17H,8-10H2,1-3H3. The van der Waals surface area contributed by atoms with Crippen LogP contribution in [0.1, 0.15) is 31.5 Å². The van der Waals surface area contributed by atoms with E-state index in [2.05, 4.69) is 18.5 Å². The minimum Gasteiger partial charge on any atom is -0.496 e. The van der Waals surface area contributed by atoms with Gasteiger partial charge in [-0.2, -0.15) is 11.8 Å². The van der Waals surface area contributed by atoms with Gasteiger partial charge in [0, 0.05) is 17.4 Å². The van der Waals surface area contributed by atoms with E-state index in [0.717, 1.165) is 29.9 Å². The SMILES string of the molecule is COc1ccccc1C1NC2(CC2)C(=O)N1C(C)CSC. The number of ether oxygens (including phenoxy) is 1. The highest BCUT2D eigenvalue weighted by Crippen LogP contribution is 2.48. The molecule has 4 nitrogen and oxygen atoms in total. The van der Waals surface area contributed by atoms with Gasteiger partial charge in [0.15, 0.2) is 0 Å². The number of hydrogen-bond acceptors (Lipinski definition) is 4. The van der Waals surface area contributed by atoms with Crippen molar-refractivity contribution >= 4 is 17.7 Å². The molecule has 1 aliphatic carbocycles. The molecule has 1 saturated heterocycles. The summed E-state index contributed by atoms with van der Waals surface area (Å²) in [6.07, 6.45) is 3.88. The van der Waals surface area contributed by atoms with E-state index in [1.807, 2.05) is 29.2 Å². The Bertz CT molecular complexity index is 545. The molecule has 114 valence electrons. The highest BCUT2D eigenvalue weighted by molar-refractivity contribution is 7.98. The molecule has 2 atom stereocenters. The maximum Gasteiger partial charge on any atom is 0.244 e. The van der Waals surface area contributed by atoms with Crippen molar-refractivity contribution in [1.82, 2.24) is 10.2 Å². The molecule has 2 unspecified atom stereocenters. The first-order chi connectivity index (χ1) is 10.1. The van der Waals surface area contributed by atoms with Crippen molar-refractivity contribution in [2.24, 2.45) is 0 Å². The summed E-state index contributed by atoms with van der Waals surface area (Å²) in [7, 11) is 1.68. The lowest BCUT2D eigenvalue weighted by molar-refractivity contribution is -0.132. The molecule has 21 heavy (non-hydrogen) atoms. The highest BCUT2D eigenvalue weighted by Gasteiger charge is 2.60. The molecule has 1 saturated carbocycles. The maximum absolute atomic E-state index is 12.8. The van der Waals surface area contributed by atoms with E-state index in [1.54, 1.807) is 18.9 Å². The summed E-state index contributed by atoms with van der Waals surface area (Å²) in [6.45, 7) is 2.12. The van der Waals surface area contributed by atoms with Crippen molar-refractivity contribution < 1.29 is 9.53 Å². The molecular formula is C16H22N2O2S. The van der Waals surface area contributed by atoms with Gasteiger partial charge in [0.1, 0.15) is 17.5 Å². The Morgan fingerprint density at radius 1 is 1.48 bits per heavy atom. The predicted molar refractivity (Wildman–Crippen MR) is 85.5 cm³/mol. The Morgan fingerprint density at radius 2 is 2.19 bits per heavy atom. The second kappa shape index (κ2) is 5.54. The van der Waals surface area contributed by atoms with E-state index in [9.17, 15) is 4.79 Å². The molecule has 1 heterocycles. The Morgan fingerprint density at radius 3 is 2.81 bits per heavy atom. The smallest absolute Gasteiger partial charge is 0.244 e. The van der Waals surface area contributed by atoms with Crippen molar-refractivity contribution in [3.63, 3.8) is 0 Å². The largest absolute Gasteiger partial charge is 0.496 e. The Kier molecular flexibility index (Phi) is 3.88. The number of thioether (sulfide) groups is 1. The number of amides is 1. The van der Waals surface area contributed by atoms with Gasteiger partial charge in [-0.3, -0.25) is 10.1 Å². The van der Waals surface area contributed by atoms with Gasteiger partial charge in [0.05, 0.1) is 7.11 Å². The van der Waals surface area contributed by atoms with Crippen molar-refractivity contribution in [3.8, 4) is 5.75 Å². The molecule has 1 N–H and O–H groups in total. The number of hydrogen-bond donors (Lipinski definition) is 1. The third-order valence-corrected chi connectivity index (χ3v) is 5.22. The van der Waals surface area contributed by atoms with Crippen LogP contribution in [0, 0.1) is 0 Å². The number of carbonyl (C=O) groups is 1. The van der Waals surface area contributed by atoms with Crippen LogP contribution in [0.2, 0.25) is 0 Å². The van der Waals surface area contributed by atoms with Crippen LogP contribution < -0.4 is 10.1 Å². The number of para-hydroxylation sites is 1. The third-order valence-electron chi connectivity index (χ3n) is 4.40. The summed E-state index contributed by atoms with van der Waals surface area (Å²) in [5.74, 6) is 2.02. The van der Waals surface area contributed by atoms with Crippen LogP contribution in [-0.2, 0) is 4.79 Å². The molecular weight excluding hydrogens is 284 g/mol. The van der Waals surface area contributed by atoms with Gasteiger partial charge < -0.3 is 9.64 Å². The van der Waals surface area contributed by atoms with Gasteiger partial charge in [-0.1, -0.05) is 18.2 Å². The first-order valence-corrected chi connectivity index (χ1v) is 8.74. The van der Waals surface area contributed by atoms with Gasteiger partial charge >= 0.3 is 0 Å². The van der Waals surface area contributed by atoms with Crippen molar-refractivity contribution in [1.29, 1.82) is 0 Å². The number of rotatable bonds is 5. The normalized spacial score (nSPS) is 24.4. The molecule has 1 aliphatic heterocycles. The average Bonchev–Trinajstić information content (AvgIpc) is 3.21. The summed E-state index contributed by atoms with van der Waals surface area (Å²) in [5.41, 5.74) is 0.739. The summed E-state index contributed by atoms with van der Waals surface area (Å²) < 4.78 is 5.49. The minimum atomic E-state index is -0.307. The van der Waals surface area contributed by atoms with E-state index >= 15 is 0 Å². The molecule has 3 rings (SSSR count). The third kappa shape index (κ3) is 2.42. The van der Waals surface area contributed by atoms with E-state index in [4.69, 9.17) is 4.74 Å². The predicted octanol–water partition coefficient (Wildman–Crippen LogP) is 2.41. The van der Waals surface area contributed by atoms with Gasteiger partial charge in [0.2, 0.25) is 5.91 Å². The van der Waals surface area contributed by atoms with Crippen LogP contribution in [0.5, 0.6) is 5.75 Å². The molecule has 1 aromatic rings. The molecule has 0 aromatic heterocycles. The fourth-order valence-electron chi connectivity index (χ4n) is 3.14. The molecule has 2 aliphatic rings. The zero-order valence-electron chi connectivity index (χ0n) is 12.8. The van der Waals surface area contributed by atoms with Crippen LogP contribution in [-0.4, -0.2) is 41.5 Å². The Labute approximate surface area is 130 Å². The first kappa shape index (κ1) is 14.7. The van der Waals surface area contributed by atoms with Crippen LogP contribution in [0.25, 0.3) is 0 Å². The van der Waals surface area contributed by atoms with Crippen molar-refractivity contribution in [3.05, 3.63) is 29.8 Å². The Balaban J connectivity index is 1.96. The number of nitrogens with one attached hydrogen (secondary N) is 1. The van der Waals surface area contributed by atoms with E-state index in [-0.39, 0.29) is 23.7 Å². The fourth-order valence-corrected chi connectivity index (χ4v) is 3.78. The molecule has 2 fully saturated rings. The second-order valence-corrected chi connectivity index (χ2v) is 6.80. The molecule has 1 aromatic carbocycles. The van der Waals surface area contributed by atoms with Crippen molar-refractivity contribution in [2.45, 2.75) is 37.5 Å². The quantitative estimate of drug-likeness (QED) is 0.907. The number of carbonyl (C=O) groups excluding carboxylic acids is 1. The monoisotopic (exact) mass is 306 g/mol. The first-order valence-electron chi connectivity index (χ1n) is 7.35. The van der Waals surface area contributed by atoms with Crippen LogP contribution in [0.3, 0.4) is 0 Å². The molecule has 1 amide bonds. The summed E-state index contributed by atoms with van der Waals surface area (Å²) in [5, 5.41) is 3.56. The molecule has 0 bridgehead atoms. The van der Waals surface area contributed by atoms with E-state index < -0.39 is 0 Å². The lowest BCUT2D eigenvalue weighted by atomic mass is 10.1. The maximum atomic E-state index is 12.8. The zero-order valence-corrected chi connectivity index (χ0v) is 13.6. The van der Waals surface area contributed by atoms with E-state index in [1.165, 1.54) is 0 Å². The summed E-state index contributed by atoms with van der Waals surface area (Å²) >= 11 is 1.77. The van der Waals surface area contributed by atoms with Crippen LogP contribution >= 0.6 is 11.8 Å². The number of nitrogens with zero attached hydrogens (tertiary/aromatic N) is 1. The fraction of sp³-hybridized carbons (Fsp3) is 0.562. The average molecular weight is 306 g/mol. The van der Waals surface area contributed by atoms with Crippen molar-refractivity contribution in [2.75, 3.05) is 19.1 Å². The summed E-state index contributed by atoms with van der Waals surface area (Å²) in [6, 6.07) is 8.16. The van der Waals surface area contributed by atoms with Gasteiger partial charge in [-0.15, -0.1) is 0 Å². The minimum absolute atomic E-state index is 0.0849. The van der Waals surface area contributed by atoms with Crippen LogP contribution in [0.15, 0.2) is 24.3 Å². The van der Waals surface area contributed by atoms with Gasteiger partial charge in [0.25, 0.3) is 0 Å². The lowest BCUT2D eigenvalue weighted by Gasteiger charge is -2.31. The molecule has 0 radical (unpaired) electrons. The topological polar surface area (TPSA) is 41.6 Å². The molecule has 1 spiro atoms. The molecule has 5 heteroatoms. The highest BCUT2D eigenvalue weighted by atomic mass is 32.2. The Hall–Kier alpha value is -1.20. The van der Waals surface area contributed by atoms with E-state index in [0.29, 0.717) is 0 Å². The summed E-state index contributed by atoms with van der Waals surface area (Å²) in [4.78, 5) is 14.8. The van der Waals surface area contributed by atoms with Gasteiger partial charge in [-0.05, 0) is 32.1 Å².